The van der Waals surface area contributed by atoms with Gasteiger partial charge in [-0.25, -0.2) is 0 Å². The van der Waals surface area contributed by atoms with Crippen molar-refractivity contribution in [2.24, 2.45) is 5.73 Å². The van der Waals surface area contributed by atoms with Crippen LogP contribution >= 0.6 is 0 Å². The molecule has 1 atom stereocenters. The molecule has 1 aliphatic rings. The van der Waals surface area contributed by atoms with Gasteiger partial charge in [0.15, 0.2) is 11.5 Å². The lowest BCUT2D eigenvalue weighted by Crippen LogP contribution is -2.44. The van der Waals surface area contributed by atoms with Crippen LogP contribution in [0.1, 0.15) is 18.1 Å². The Labute approximate surface area is 113 Å². The third kappa shape index (κ3) is 2.66. The number of fused-ring (bicyclic) bond motifs is 1. The number of nitrogens with zero attached hydrogens (tertiary/aromatic N) is 1. The van der Waals surface area contributed by atoms with Crippen LogP contribution in [0.5, 0.6) is 11.5 Å². The highest BCUT2D eigenvalue weighted by Crippen LogP contribution is 2.33. The quantitative estimate of drug-likeness (QED) is 0.636. The number of benzene rings is 1. The summed E-state index contributed by atoms with van der Waals surface area (Å²) in [6.45, 7) is 3.66. The van der Waals surface area contributed by atoms with Gasteiger partial charge in [0.1, 0.15) is 5.84 Å². The van der Waals surface area contributed by atoms with Crippen molar-refractivity contribution in [2.45, 2.75) is 25.9 Å². The highest BCUT2D eigenvalue weighted by molar-refractivity contribution is 5.82. The van der Waals surface area contributed by atoms with Crippen molar-refractivity contribution in [3.05, 3.63) is 23.3 Å². The maximum Gasteiger partial charge on any atom is 0.161 e. The van der Waals surface area contributed by atoms with Gasteiger partial charge in [-0.05, 0) is 36.6 Å². The van der Waals surface area contributed by atoms with E-state index in [2.05, 4.69) is 4.90 Å². The fourth-order valence-electron chi connectivity index (χ4n) is 2.43. The van der Waals surface area contributed by atoms with Crippen molar-refractivity contribution in [3.63, 3.8) is 0 Å². The van der Waals surface area contributed by atoms with Crippen molar-refractivity contribution < 1.29 is 9.47 Å². The van der Waals surface area contributed by atoms with E-state index in [1.807, 2.05) is 19.1 Å². The molecule has 5 heteroatoms. The summed E-state index contributed by atoms with van der Waals surface area (Å²) in [5.41, 5.74) is 8.09. The lowest BCUT2D eigenvalue weighted by Gasteiger charge is -2.33. The van der Waals surface area contributed by atoms with E-state index in [0.29, 0.717) is 0 Å². The fraction of sp³-hybridized carbons (Fsp3) is 0.500. The Morgan fingerprint density at radius 3 is 2.37 bits per heavy atom. The van der Waals surface area contributed by atoms with Crippen LogP contribution in [0.3, 0.4) is 0 Å². The summed E-state index contributed by atoms with van der Waals surface area (Å²) in [5.74, 6) is 1.73. The van der Waals surface area contributed by atoms with Crippen LogP contribution in [0, 0.1) is 5.41 Å². The number of rotatable bonds is 4. The molecule has 3 N–H and O–H groups in total. The van der Waals surface area contributed by atoms with Gasteiger partial charge in [-0.15, -0.1) is 0 Å². The average Bonchev–Trinajstić information content (AvgIpc) is 2.44. The lowest BCUT2D eigenvalue weighted by atomic mass is 9.97. The predicted molar refractivity (Wildman–Crippen MR) is 75.0 cm³/mol. The lowest BCUT2D eigenvalue weighted by molar-refractivity contribution is 0.231. The van der Waals surface area contributed by atoms with Crippen molar-refractivity contribution in [1.82, 2.24) is 4.90 Å². The molecule has 0 aliphatic carbocycles. The monoisotopic (exact) mass is 263 g/mol. The molecular weight excluding hydrogens is 242 g/mol. The molecule has 0 spiro atoms. The van der Waals surface area contributed by atoms with Crippen LogP contribution in [0.15, 0.2) is 12.1 Å². The first-order valence-corrected chi connectivity index (χ1v) is 6.38. The third-order valence-corrected chi connectivity index (χ3v) is 3.75. The SMILES string of the molecule is COc1cc2c(cc1OC)CN(C(C)C(=N)N)CC2. The smallest absolute Gasteiger partial charge is 0.161 e. The molecule has 5 nitrogen and oxygen atoms in total. The summed E-state index contributed by atoms with van der Waals surface area (Å²) < 4.78 is 10.7. The number of amidine groups is 1. The van der Waals surface area contributed by atoms with Crippen LogP contribution in [-0.4, -0.2) is 37.5 Å². The van der Waals surface area contributed by atoms with E-state index >= 15 is 0 Å². The maximum absolute atomic E-state index is 7.55. The molecule has 0 amide bonds. The normalized spacial score (nSPS) is 16.6. The molecule has 104 valence electrons. The van der Waals surface area contributed by atoms with Gasteiger partial charge in [-0.1, -0.05) is 0 Å². The Morgan fingerprint density at radius 2 is 1.84 bits per heavy atom. The van der Waals surface area contributed by atoms with Crippen molar-refractivity contribution in [3.8, 4) is 11.5 Å². The van der Waals surface area contributed by atoms with Gasteiger partial charge in [0.05, 0.1) is 20.3 Å². The molecule has 0 bridgehead atoms. The topological polar surface area (TPSA) is 71.6 Å². The third-order valence-electron chi connectivity index (χ3n) is 3.75. The van der Waals surface area contributed by atoms with Gasteiger partial charge >= 0.3 is 0 Å². The molecule has 0 saturated heterocycles. The maximum atomic E-state index is 7.55. The molecule has 0 radical (unpaired) electrons. The molecule has 0 fully saturated rings. The fourth-order valence-corrected chi connectivity index (χ4v) is 2.43. The van der Waals surface area contributed by atoms with Crippen molar-refractivity contribution in [1.29, 1.82) is 5.41 Å². The average molecular weight is 263 g/mol. The van der Waals surface area contributed by atoms with E-state index in [0.717, 1.165) is 31.0 Å². The number of hydrogen-bond donors (Lipinski definition) is 2. The van der Waals surface area contributed by atoms with Gasteiger partial charge in [-0.3, -0.25) is 10.3 Å². The molecule has 1 aliphatic heterocycles. The largest absolute Gasteiger partial charge is 0.493 e. The van der Waals surface area contributed by atoms with Gasteiger partial charge in [0.2, 0.25) is 0 Å². The second-order valence-corrected chi connectivity index (χ2v) is 4.83. The number of methoxy groups -OCH3 is 2. The number of nitrogens with two attached hydrogens (primary N) is 1. The zero-order chi connectivity index (χ0) is 14.0. The Bertz CT molecular complexity index is 488. The van der Waals surface area contributed by atoms with Crippen LogP contribution < -0.4 is 15.2 Å². The molecule has 2 rings (SSSR count). The van der Waals surface area contributed by atoms with Crippen molar-refractivity contribution in [2.75, 3.05) is 20.8 Å². The zero-order valence-corrected chi connectivity index (χ0v) is 11.7. The summed E-state index contributed by atoms with van der Waals surface area (Å²) in [4.78, 5) is 2.20. The minimum atomic E-state index is -0.0266. The standard InChI is InChI=1S/C14H21N3O2/c1-9(14(15)16)17-5-4-10-6-12(18-2)13(19-3)7-11(10)8-17/h6-7,9H,4-5,8H2,1-3H3,(H3,15,16). The first-order chi connectivity index (χ1) is 9.06. The van der Waals surface area contributed by atoms with Crippen LogP contribution in [-0.2, 0) is 13.0 Å². The molecular formula is C14H21N3O2. The zero-order valence-electron chi connectivity index (χ0n) is 11.7. The Kier molecular flexibility index (Phi) is 3.95. The molecule has 1 unspecified atom stereocenters. The summed E-state index contributed by atoms with van der Waals surface area (Å²) >= 11 is 0. The van der Waals surface area contributed by atoms with E-state index in [9.17, 15) is 0 Å². The van der Waals surface area contributed by atoms with Crippen LogP contribution in [0.2, 0.25) is 0 Å². The van der Waals surface area contributed by atoms with Gasteiger partial charge in [0, 0.05) is 13.1 Å². The molecule has 1 aromatic carbocycles. The van der Waals surface area contributed by atoms with E-state index in [1.54, 1.807) is 14.2 Å². The minimum Gasteiger partial charge on any atom is -0.493 e. The summed E-state index contributed by atoms with van der Waals surface area (Å²) in [6, 6.07) is 4.04. The second-order valence-electron chi connectivity index (χ2n) is 4.83. The first kappa shape index (κ1) is 13.7. The molecule has 19 heavy (non-hydrogen) atoms. The van der Waals surface area contributed by atoms with Gasteiger partial charge < -0.3 is 15.2 Å². The van der Waals surface area contributed by atoms with Gasteiger partial charge in [-0.2, -0.15) is 0 Å². The second kappa shape index (κ2) is 5.48. The van der Waals surface area contributed by atoms with E-state index in [-0.39, 0.29) is 11.9 Å². The summed E-state index contributed by atoms with van der Waals surface area (Å²) in [5, 5.41) is 7.55. The minimum absolute atomic E-state index is 0.0266. The number of hydrogen-bond acceptors (Lipinski definition) is 4. The van der Waals surface area contributed by atoms with Crippen LogP contribution in [0.25, 0.3) is 0 Å². The Hall–Kier alpha value is -1.75. The van der Waals surface area contributed by atoms with E-state index in [1.165, 1.54) is 11.1 Å². The van der Waals surface area contributed by atoms with Crippen molar-refractivity contribution >= 4 is 5.84 Å². The molecule has 1 heterocycles. The molecule has 0 saturated carbocycles. The Balaban J connectivity index is 2.27. The van der Waals surface area contributed by atoms with Crippen LogP contribution in [0.4, 0.5) is 0 Å². The summed E-state index contributed by atoms with van der Waals surface area (Å²) in [6.07, 6.45) is 0.938. The highest BCUT2D eigenvalue weighted by atomic mass is 16.5. The number of ether oxygens (including phenoxy) is 2. The van der Waals surface area contributed by atoms with E-state index in [4.69, 9.17) is 20.6 Å². The van der Waals surface area contributed by atoms with Gasteiger partial charge in [0.25, 0.3) is 0 Å². The predicted octanol–water partition coefficient (Wildman–Crippen LogP) is 1.39. The Morgan fingerprint density at radius 1 is 1.26 bits per heavy atom. The molecule has 1 aromatic rings. The molecule has 0 aromatic heterocycles. The summed E-state index contributed by atoms with van der Waals surface area (Å²) in [7, 11) is 3.29. The van der Waals surface area contributed by atoms with E-state index < -0.39 is 0 Å². The highest BCUT2D eigenvalue weighted by Gasteiger charge is 2.23. The first-order valence-electron chi connectivity index (χ1n) is 6.38. The number of nitrogens with one attached hydrogen (secondary N) is 1.